The van der Waals surface area contributed by atoms with Gasteiger partial charge in [-0.2, -0.15) is 4.39 Å². The number of rotatable bonds is 2. The first kappa shape index (κ1) is 9.91. The van der Waals surface area contributed by atoms with Gasteiger partial charge in [0.15, 0.2) is 5.82 Å². The molecule has 2 N–H and O–H groups in total. The molecule has 0 aliphatic carbocycles. The van der Waals surface area contributed by atoms with Crippen molar-refractivity contribution in [2.45, 2.75) is 13.0 Å². The summed E-state index contributed by atoms with van der Waals surface area (Å²) in [5, 5.41) is 0. The predicted molar refractivity (Wildman–Crippen MR) is 37.0 cm³/mol. The maximum Gasteiger partial charge on any atom is 0.266 e. The second-order valence-corrected chi connectivity index (χ2v) is 2.31. The largest absolute Gasteiger partial charge is 0.325 e. The third kappa shape index (κ3) is 1.95. The summed E-state index contributed by atoms with van der Waals surface area (Å²) in [5.74, 6) is -3.16. The summed E-state index contributed by atoms with van der Waals surface area (Å²) in [7, 11) is 0. The van der Waals surface area contributed by atoms with Gasteiger partial charge in [-0.15, -0.1) is 0 Å². The van der Waals surface area contributed by atoms with E-state index in [1.54, 1.807) is 0 Å². The lowest BCUT2D eigenvalue weighted by Gasteiger charge is -2.04. The number of halogens is 4. The van der Waals surface area contributed by atoms with E-state index < -0.39 is 23.8 Å². The van der Waals surface area contributed by atoms with Crippen molar-refractivity contribution in [2.75, 3.05) is 0 Å². The van der Waals surface area contributed by atoms with Crippen LogP contribution in [0.4, 0.5) is 17.6 Å². The van der Waals surface area contributed by atoms with Crippen molar-refractivity contribution >= 4 is 0 Å². The highest BCUT2D eigenvalue weighted by Crippen LogP contribution is 2.23. The van der Waals surface area contributed by atoms with Gasteiger partial charge in [0.2, 0.25) is 5.95 Å². The third-order valence-corrected chi connectivity index (χ3v) is 1.44. The van der Waals surface area contributed by atoms with Gasteiger partial charge in [0.25, 0.3) is 6.43 Å². The van der Waals surface area contributed by atoms with Gasteiger partial charge in [0, 0.05) is 6.54 Å². The summed E-state index contributed by atoms with van der Waals surface area (Å²) in [4.78, 5) is 3.03. The van der Waals surface area contributed by atoms with Crippen LogP contribution in [-0.2, 0) is 6.54 Å². The van der Waals surface area contributed by atoms with Crippen LogP contribution < -0.4 is 5.73 Å². The molecule has 0 aliphatic rings. The van der Waals surface area contributed by atoms with Crippen molar-refractivity contribution in [1.82, 2.24) is 4.98 Å². The smallest absolute Gasteiger partial charge is 0.266 e. The fourth-order valence-corrected chi connectivity index (χ4v) is 0.833. The first-order valence-electron chi connectivity index (χ1n) is 3.39. The minimum Gasteiger partial charge on any atom is -0.325 e. The number of nitrogens with zero attached hydrogens (tertiary/aromatic N) is 1. The molecule has 0 saturated heterocycles. The van der Waals surface area contributed by atoms with E-state index in [4.69, 9.17) is 5.73 Å². The minimum absolute atomic E-state index is 0.103. The Morgan fingerprint density at radius 3 is 2.46 bits per heavy atom. The van der Waals surface area contributed by atoms with Crippen LogP contribution in [0.5, 0.6) is 0 Å². The van der Waals surface area contributed by atoms with E-state index in [2.05, 4.69) is 4.98 Å². The third-order valence-electron chi connectivity index (χ3n) is 1.44. The molecule has 2 nitrogen and oxygen atoms in total. The highest BCUT2D eigenvalue weighted by Gasteiger charge is 2.18. The summed E-state index contributed by atoms with van der Waals surface area (Å²) in [5.41, 5.74) is 3.93. The molecule has 0 spiro atoms. The Kier molecular flexibility index (Phi) is 2.82. The highest BCUT2D eigenvalue weighted by atomic mass is 19.3. The normalized spacial score (nSPS) is 10.9. The molecular weight excluding hydrogens is 188 g/mol. The molecule has 6 heteroatoms. The molecule has 1 heterocycles. The highest BCUT2D eigenvalue weighted by molar-refractivity contribution is 5.20. The average Bonchev–Trinajstić information content (AvgIpc) is 2.09. The Morgan fingerprint density at radius 2 is 2.00 bits per heavy atom. The van der Waals surface area contributed by atoms with Gasteiger partial charge in [-0.1, -0.05) is 0 Å². The fourth-order valence-electron chi connectivity index (χ4n) is 0.833. The topological polar surface area (TPSA) is 38.9 Å². The summed E-state index contributed by atoms with van der Waals surface area (Å²) >= 11 is 0. The average molecular weight is 194 g/mol. The Morgan fingerprint density at radius 1 is 1.38 bits per heavy atom. The quantitative estimate of drug-likeness (QED) is 0.575. The molecule has 0 atom stereocenters. The molecule has 0 aromatic carbocycles. The number of nitrogens with two attached hydrogens (primary N) is 1. The van der Waals surface area contributed by atoms with Crippen LogP contribution in [0.25, 0.3) is 0 Å². The maximum atomic E-state index is 12.6. The van der Waals surface area contributed by atoms with Crippen molar-refractivity contribution in [3.8, 4) is 0 Å². The van der Waals surface area contributed by atoms with Crippen LogP contribution in [0.15, 0.2) is 6.07 Å². The van der Waals surface area contributed by atoms with Crippen LogP contribution in [0.3, 0.4) is 0 Å². The summed E-state index contributed by atoms with van der Waals surface area (Å²) < 4.78 is 49.2. The molecule has 0 bridgehead atoms. The Bertz CT molecular complexity index is 314. The Hall–Kier alpha value is -1.17. The lowest BCUT2D eigenvalue weighted by molar-refractivity contribution is 0.144. The van der Waals surface area contributed by atoms with E-state index in [0.29, 0.717) is 0 Å². The van der Waals surface area contributed by atoms with E-state index in [9.17, 15) is 17.6 Å². The molecule has 1 aromatic rings. The van der Waals surface area contributed by atoms with Crippen molar-refractivity contribution in [2.24, 2.45) is 5.73 Å². The zero-order chi connectivity index (χ0) is 10.0. The van der Waals surface area contributed by atoms with E-state index in [0.717, 1.165) is 6.07 Å². The molecule has 1 rings (SSSR count). The first-order valence-corrected chi connectivity index (χ1v) is 3.39. The lowest BCUT2D eigenvalue weighted by Crippen LogP contribution is -2.06. The van der Waals surface area contributed by atoms with Gasteiger partial charge in [-0.05, 0) is 6.07 Å². The van der Waals surface area contributed by atoms with Crippen LogP contribution in [0.1, 0.15) is 17.7 Å². The molecular formula is C7H6F4N2. The van der Waals surface area contributed by atoms with E-state index in [-0.39, 0.29) is 12.2 Å². The van der Waals surface area contributed by atoms with Gasteiger partial charge in [-0.25, -0.2) is 18.2 Å². The van der Waals surface area contributed by atoms with Gasteiger partial charge in [-0.3, -0.25) is 0 Å². The summed E-state index contributed by atoms with van der Waals surface area (Å²) in [6, 6.07) is 0.753. The van der Waals surface area contributed by atoms with Gasteiger partial charge >= 0.3 is 0 Å². The van der Waals surface area contributed by atoms with Crippen molar-refractivity contribution in [1.29, 1.82) is 0 Å². The maximum absolute atomic E-state index is 12.6. The molecule has 0 fully saturated rings. The van der Waals surface area contributed by atoms with Gasteiger partial charge < -0.3 is 5.73 Å². The van der Waals surface area contributed by atoms with Crippen LogP contribution >= 0.6 is 0 Å². The number of hydrogen-bond acceptors (Lipinski definition) is 2. The predicted octanol–water partition coefficient (Wildman–Crippen LogP) is 1.76. The number of aromatic nitrogens is 1. The van der Waals surface area contributed by atoms with E-state index >= 15 is 0 Å². The zero-order valence-electron chi connectivity index (χ0n) is 6.40. The second-order valence-electron chi connectivity index (χ2n) is 2.31. The van der Waals surface area contributed by atoms with E-state index in [1.807, 2.05) is 0 Å². The fraction of sp³-hybridized carbons (Fsp3) is 0.286. The van der Waals surface area contributed by atoms with Crippen LogP contribution in [0.2, 0.25) is 0 Å². The van der Waals surface area contributed by atoms with Crippen LogP contribution in [-0.4, -0.2) is 4.98 Å². The molecule has 0 radical (unpaired) electrons. The van der Waals surface area contributed by atoms with Crippen LogP contribution in [0, 0.1) is 11.8 Å². The van der Waals surface area contributed by atoms with Gasteiger partial charge in [0.1, 0.15) is 0 Å². The molecule has 0 amide bonds. The number of alkyl halides is 2. The van der Waals surface area contributed by atoms with Crippen molar-refractivity contribution < 1.29 is 17.6 Å². The lowest BCUT2D eigenvalue weighted by atomic mass is 10.2. The monoisotopic (exact) mass is 194 g/mol. The molecule has 72 valence electrons. The molecule has 0 aliphatic heterocycles. The SMILES string of the molecule is NCc1cc(C(F)F)c(F)c(F)n1. The molecule has 1 aromatic heterocycles. The number of hydrogen-bond donors (Lipinski definition) is 1. The molecule has 13 heavy (non-hydrogen) atoms. The van der Waals surface area contributed by atoms with E-state index in [1.165, 1.54) is 0 Å². The zero-order valence-corrected chi connectivity index (χ0v) is 6.40. The number of pyridine rings is 1. The first-order chi connectivity index (χ1) is 6.06. The summed E-state index contributed by atoms with van der Waals surface area (Å²) in [6.07, 6.45) is -3.07. The minimum atomic E-state index is -3.07. The molecule has 0 saturated carbocycles. The van der Waals surface area contributed by atoms with Crippen molar-refractivity contribution in [3.63, 3.8) is 0 Å². The Balaban J connectivity index is 3.25. The standard InChI is InChI=1S/C7H6F4N2/c8-5-4(6(9)10)1-3(2-12)13-7(5)11/h1,6H,2,12H2. The summed E-state index contributed by atoms with van der Waals surface area (Å²) in [6.45, 7) is -0.211. The molecule has 0 unspecified atom stereocenters. The van der Waals surface area contributed by atoms with Gasteiger partial charge in [0.05, 0.1) is 11.3 Å². The second kappa shape index (κ2) is 3.69. The van der Waals surface area contributed by atoms with Crippen molar-refractivity contribution in [3.05, 3.63) is 29.1 Å². The Labute approximate surface area is 71.4 Å².